The van der Waals surface area contributed by atoms with E-state index in [2.05, 4.69) is 5.32 Å². The molecule has 1 aliphatic rings. The average molecular weight is 477 g/mol. The van der Waals surface area contributed by atoms with Crippen molar-refractivity contribution in [1.29, 1.82) is 0 Å². The van der Waals surface area contributed by atoms with E-state index >= 15 is 0 Å². The number of rotatable bonds is 9. The molecule has 1 heterocycles. The first kappa shape index (κ1) is 24.9. The van der Waals surface area contributed by atoms with Crippen molar-refractivity contribution in [3.05, 3.63) is 65.5 Å². The van der Waals surface area contributed by atoms with Crippen LogP contribution in [-0.4, -0.2) is 44.3 Å². The second-order valence-corrected chi connectivity index (χ2v) is 10.0. The average Bonchev–Trinajstić information content (AvgIpc) is 2.81. The Morgan fingerprint density at radius 2 is 1.76 bits per heavy atom. The number of hydrogen-bond acceptors (Lipinski definition) is 5. The van der Waals surface area contributed by atoms with E-state index in [1.807, 2.05) is 6.92 Å². The molecule has 1 fully saturated rings. The molecule has 0 bridgehead atoms. The molecule has 0 radical (unpaired) electrons. The van der Waals surface area contributed by atoms with Crippen LogP contribution < -0.4 is 5.32 Å². The summed E-state index contributed by atoms with van der Waals surface area (Å²) in [4.78, 5) is 24.6. The van der Waals surface area contributed by atoms with Crippen LogP contribution in [0.5, 0.6) is 0 Å². The predicted octanol–water partition coefficient (Wildman–Crippen LogP) is 3.96. The number of sulfonamides is 1. The summed E-state index contributed by atoms with van der Waals surface area (Å²) in [5, 5.41) is 2.82. The molecule has 178 valence electrons. The van der Waals surface area contributed by atoms with Gasteiger partial charge in [0.1, 0.15) is 5.82 Å². The molecular formula is C24H29FN2O5S. The number of unbranched alkanes of at least 4 members (excludes halogenated alkanes) is 1. The minimum atomic E-state index is -3.67. The largest absolute Gasteiger partial charge is 0.462 e. The molecule has 0 atom stereocenters. The molecule has 2 aromatic rings. The summed E-state index contributed by atoms with van der Waals surface area (Å²) in [6.07, 6.45) is 2.51. The van der Waals surface area contributed by atoms with Crippen molar-refractivity contribution < 1.29 is 27.1 Å². The Morgan fingerprint density at radius 1 is 1.09 bits per heavy atom. The lowest BCUT2D eigenvalue weighted by Crippen LogP contribution is -2.42. The predicted molar refractivity (Wildman–Crippen MR) is 124 cm³/mol. The first-order valence-corrected chi connectivity index (χ1v) is 12.7. The van der Waals surface area contributed by atoms with E-state index in [-0.39, 0.29) is 30.5 Å². The number of amides is 1. The number of anilines is 1. The summed E-state index contributed by atoms with van der Waals surface area (Å²) in [5.41, 5.74) is 1.10. The second-order valence-electron chi connectivity index (χ2n) is 8.08. The molecule has 0 aromatic heterocycles. The van der Waals surface area contributed by atoms with Gasteiger partial charge in [-0.1, -0.05) is 31.5 Å². The van der Waals surface area contributed by atoms with Gasteiger partial charge in [-0.05, 0) is 49.6 Å². The summed E-state index contributed by atoms with van der Waals surface area (Å²) < 4.78 is 45.7. The van der Waals surface area contributed by atoms with Gasteiger partial charge in [0.2, 0.25) is 15.9 Å². The molecule has 1 N–H and O–H groups in total. The minimum absolute atomic E-state index is 0.134. The Morgan fingerprint density at radius 3 is 2.39 bits per heavy atom. The molecule has 1 saturated heterocycles. The molecule has 0 aliphatic carbocycles. The smallest absolute Gasteiger partial charge is 0.338 e. The van der Waals surface area contributed by atoms with Crippen LogP contribution in [0, 0.1) is 11.7 Å². The van der Waals surface area contributed by atoms with Crippen LogP contribution in [0.25, 0.3) is 0 Å². The lowest BCUT2D eigenvalue weighted by atomic mass is 9.97. The van der Waals surface area contributed by atoms with Crippen molar-refractivity contribution >= 4 is 27.6 Å². The highest BCUT2D eigenvalue weighted by molar-refractivity contribution is 7.88. The number of esters is 1. The summed E-state index contributed by atoms with van der Waals surface area (Å²) in [7, 11) is -3.67. The highest BCUT2D eigenvalue weighted by atomic mass is 32.2. The zero-order valence-electron chi connectivity index (χ0n) is 18.6. The van der Waals surface area contributed by atoms with Crippen LogP contribution in [0.2, 0.25) is 0 Å². The first-order valence-electron chi connectivity index (χ1n) is 11.1. The van der Waals surface area contributed by atoms with Gasteiger partial charge in [-0.2, -0.15) is 0 Å². The number of benzene rings is 2. The van der Waals surface area contributed by atoms with Crippen molar-refractivity contribution in [3.8, 4) is 0 Å². The van der Waals surface area contributed by atoms with Crippen LogP contribution in [-0.2, 0) is 25.3 Å². The number of ether oxygens (including phenoxy) is 1. The van der Waals surface area contributed by atoms with Gasteiger partial charge in [-0.25, -0.2) is 21.9 Å². The monoisotopic (exact) mass is 476 g/mol. The maximum absolute atomic E-state index is 13.8. The van der Waals surface area contributed by atoms with Gasteiger partial charge in [-0.3, -0.25) is 4.79 Å². The molecule has 3 rings (SSSR count). The summed E-state index contributed by atoms with van der Waals surface area (Å²) in [5.74, 6) is -1.87. The van der Waals surface area contributed by atoms with E-state index in [0.29, 0.717) is 30.7 Å². The zero-order valence-corrected chi connectivity index (χ0v) is 19.4. The molecule has 0 unspecified atom stereocenters. The lowest BCUT2D eigenvalue weighted by molar-refractivity contribution is -0.120. The summed E-state index contributed by atoms with van der Waals surface area (Å²) in [6.45, 7) is 2.80. The first-order chi connectivity index (χ1) is 15.8. The fourth-order valence-electron chi connectivity index (χ4n) is 3.63. The van der Waals surface area contributed by atoms with Gasteiger partial charge in [0.15, 0.2) is 0 Å². The number of hydrogen-bond donors (Lipinski definition) is 1. The fourth-order valence-corrected chi connectivity index (χ4v) is 5.20. The van der Waals surface area contributed by atoms with Crippen LogP contribution >= 0.6 is 0 Å². The minimum Gasteiger partial charge on any atom is -0.462 e. The number of carbonyl (C=O) groups excluding carboxylic acids is 2. The molecule has 9 heteroatoms. The Balaban J connectivity index is 1.50. The Labute approximate surface area is 194 Å². The molecule has 0 spiro atoms. The van der Waals surface area contributed by atoms with Gasteiger partial charge in [0.25, 0.3) is 0 Å². The molecule has 1 amide bonds. The summed E-state index contributed by atoms with van der Waals surface area (Å²) >= 11 is 0. The Bertz CT molecular complexity index is 1060. The third kappa shape index (κ3) is 6.85. The maximum atomic E-state index is 13.8. The third-order valence-corrected chi connectivity index (χ3v) is 7.46. The van der Waals surface area contributed by atoms with Crippen molar-refractivity contribution in [2.45, 2.75) is 38.4 Å². The lowest BCUT2D eigenvalue weighted by Gasteiger charge is -2.30. The highest BCUT2D eigenvalue weighted by Crippen LogP contribution is 2.24. The van der Waals surface area contributed by atoms with E-state index in [9.17, 15) is 22.4 Å². The molecule has 33 heavy (non-hydrogen) atoms. The number of nitrogens with one attached hydrogen (secondary N) is 1. The van der Waals surface area contributed by atoms with Crippen LogP contribution in [0.4, 0.5) is 10.1 Å². The van der Waals surface area contributed by atoms with Crippen molar-refractivity contribution in [3.63, 3.8) is 0 Å². The molecule has 0 saturated carbocycles. The van der Waals surface area contributed by atoms with Gasteiger partial charge in [0.05, 0.1) is 17.9 Å². The zero-order chi connectivity index (χ0) is 23.8. The second kappa shape index (κ2) is 11.4. The topological polar surface area (TPSA) is 92.8 Å². The number of halogens is 1. The van der Waals surface area contributed by atoms with Gasteiger partial charge in [-0.15, -0.1) is 0 Å². The standard InChI is InChI=1S/C24H29FN2O5S/c1-2-3-16-32-24(29)19-8-10-21(11-9-19)26-23(28)18-12-14-27(15-13-18)33(30,31)17-20-6-4-5-7-22(20)25/h4-11,18H,2-3,12-17H2,1H3,(H,26,28). The Kier molecular flexibility index (Phi) is 8.57. The van der Waals surface area contributed by atoms with Crippen molar-refractivity contribution in [2.75, 3.05) is 25.0 Å². The van der Waals surface area contributed by atoms with Gasteiger partial charge < -0.3 is 10.1 Å². The van der Waals surface area contributed by atoms with Gasteiger partial charge in [0, 0.05) is 30.3 Å². The maximum Gasteiger partial charge on any atom is 0.338 e. The number of piperidine rings is 1. The fraction of sp³-hybridized carbons (Fsp3) is 0.417. The van der Waals surface area contributed by atoms with Crippen molar-refractivity contribution in [2.24, 2.45) is 5.92 Å². The van der Waals surface area contributed by atoms with E-state index in [1.165, 1.54) is 22.5 Å². The SMILES string of the molecule is CCCCOC(=O)c1ccc(NC(=O)C2CCN(S(=O)(=O)Cc3ccccc3F)CC2)cc1. The van der Waals surface area contributed by atoms with Crippen LogP contribution in [0.15, 0.2) is 48.5 Å². The van der Waals surface area contributed by atoms with E-state index in [0.717, 1.165) is 12.8 Å². The van der Waals surface area contributed by atoms with E-state index < -0.39 is 27.6 Å². The third-order valence-electron chi connectivity index (χ3n) is 5.63. The molecule has 1 aliphatic heterocycles. The Hall–Kier alpha value is -2.78. The molecular weight excluding hydrogens is 447 g/mol. The van der Waals surface area contributed by atoms with Crippen LogP contribution in [0.1, 0.15) is 48.5 Å². The number of carbonyl (C=O) groups is 2. The normalized spacial score (nSPS) is 15.2. The quantitative estimate of drug-likeness (QED) is 0.437. The van der Waals surface area contributed by atoms with Crippen LogP contribution in [0.3, 0.4) is 0 Å². The molecule has 7 nitrogen and oxygen atoms in total. The van der Waals surface area contributed by atoms with Gasteiger partial charge >= 0.3 is 5.97 Å². The highest BCUT2D eigenvalue weighted by Gasteiger charge is 2.31. The summed E-state index contributed by atoms with van der Waals surface area (Å²) in [6, 6.07) is 12.3. The number of nitrogens with zero attached hydrogens (tertiary/aromatic N) is 1. The molecule has 2 aromatic carbocycles. The van der Waals surface area contributed by atoms with E-state index in [1.54, 1.807) is 30.3 Å². The van der Waals surface area contributed by atoms with Crippen molar-refractivity contribution in [1.82, 2.24) is 4.31 Å². The van der Waals surface area contributed by atoms with E-state index in [4.69, 9.17) is 4.74 Å².